The Morgan fingerprint density at radius 2 is 2.35 bits per heavy atom. The highest BCUT2D eigenvalue weighted by Gasteiger charge is 2.08. The third-order valence-corrected chi connectivity index (χ3v) is 2.52. The number of nitrogens with two attached hydrogens (primary N) is 1. The number of hydrogen-bond acceptors (Lipinski definition) is 4. The molecule has 0 radical (unpaired) electrons. The number of likely N-dealkylation sites (N-methyl/N-ethyl adjacent to an activating group) is 1. The normalized spacial score (nSPS) is 10.7. The lowest BCUT2D eigenvalue weighted by atomic mass is 10.2. The summed E-state index contributed by atoms with van der Waals surface area (Å²) >= 11 is 0. The fourth-order valence-electron chi connectivity index (χ4n) is 1.68. The zero-order valence-electron chi connectivity index (χ0n) is 9.47. The molecular weight excluding hydrogens is 220 g/mol. The Morgan fingerprint density at radius 1 is 1.59 bits per heavy atom. The number of imidazole rings is 1. The molecule has 90 valence electrons. The largest absolute Gasteiger partial charge is 0.480 e. The molecule has 1 heterocycles. The van der Waals surface area contributed by atoms with Gasteiger partial charge in [-0.1, -0.05) is 0 Å². The van der Waals surface area contributed by atoms with Gasteiger partial charge >= 0.3 is 5.97 Å². The average molecular weight is 234 g/mol. The maximum Gasteiger partial charge on any atom is 0.323 e. The van der Waals surface area contributed by atoms with Gasteiger partial charge in [-0.25, -0.2) is 4.98 Å². The molecule has 0 unspecified atom stereocenters. The summed E-state index contributed by atoms with van der Waals surface area (Å²) in [7, 11) is 1.73. The smallest absolute Gasteiger partial charge is 0.323 e. The van der Waals surface area contributed by atoms with E-state index in [-0.39, 0.29) is 6.54 Å². The molecule has 0 bridgehead atoms. The molecule has 0 fully saturated rings. The first-order valence-corrected chi connectivity index (χ1v) is 5.22. The van der Waals surface area contributed by atoms with Crippen molar-refractivity contribution in [3.8, 4) is 0 Å². The SMILES string of the molecule is CN(CC(=O)O)c1ccc2nc(CN)[nH]c2c1. The molecule has 4 N–H and O–H groups in total. The van der Waals surface area contributed by atoms with Gasteiger partial charge in [0.1, 0.15) is 12.4 Å². The minimum absolute atomic E-state index is 0.0383. The zero-order chi connectivity index (χ0) is 12.4. The maximum atomic E-state index is 10.6. The molecule has 0 aliphatic carbocycles. The summed E-state index contributed by atoms with van der Waals surface area (Å²) in [6, 6.07) is 5.55. The van der Waals surface area contributed by atoms with E-state index in [0.717, 1.165) is 22.5 Å². The number of H-pyrrole nitrogens is 1. The predicted molar refractivity (Wildman–Crippen MR) is 64.9 cm³/mol. The maximum absolute atomic E-state index is 10.6. The van der Waals surface area contributed by atoms with Gasteiger partial charge in [0.05, 0.1) is 17.6 Å². The van der Waals surface area contributed by atoms with Crippen LogP contribution in [0, 0.1) is 0 Å². The molecule has 1 aromatic heterocycles. The molecule has 6 nitrogen and oxygen atoms in total. The zero-order valence-corrected chi connectivity index (χ0v) is 9.47. The third-order valence-electron chi connectivity index (χ3n) is 2.52. The van der Waals surface area contributed by atoms with Crippen LogP contribution in [0.5, 0.6) is 0 Å². The number of carbonyl (C=O) groups is 1. The van der Waals surface area contributed by atoms with Crippen molar-refractivity contribution in [1.29, 1.82) is 0 Å². The lowest BCUT2D eigenvalue weighted by molar-refractivity contribution is -0.135. The van der Waals surface area contributed by atoms with Gasteiger partial charge in [-0.3, -0.25) is 4.79 Å². The van der Waals surface area contributed by atoms with Gasteiger partial charge in [0.25, 0.3) is 0 Å². The van der Waals surface area contributed by atoms with Crippen LogP contribution in [0.2, 0.25) is 0 Å². The Labute approximate surface area is 98.1 Å². The summed E-state index contributed by atoms with van der Waals surface area (Å²) in [4.78, 5) is 19.6. The molecule has 0 saturated heterocycles. The van der Waals surface area contributed by atoms with Crippen LogP contribution in [0.15, 0.2) is 18.2 Å². The molecular formula is C11H14N4O2. The Balaban J connectivity index is 2.33. The Hall–Kier alpha value is -2.08. The number of benzene rings is 1. The van der Waals surface area contributed by atoms with E-state index in [0.29, 0.717) is 6.54 Å². The number of carboxylic acid groups (broad SMARTS) is 1. The number of aliphatic carboxylic acids is 1. The van der Waals surface area contributed by atoms with Crippen LogP contribution in [-0.2, 0) is 11.3 Å². The van der Waals surface area contributed by atoms with E-state index >= 15 is 0 Å². The van der Waals surface area contributed by atoms with E-state index < -0.39 is 5.97 Å². The fourth-order valence-corrected chi connectivity index (χ4v) is 1.68. The highest BCUT2D eigenvalue weighted by atomic mass is 16.4. The first kappa shape index (κ1) is 11.4. The van der Waals surface area contributed by atoms with Crippen LogP contribution in [0.3, 0.4) is 0 Å². The number of rotatable bonds is 4. The van der Waals surface area contributed by atoms with Crippen molar-refractivity contribution < 1.29 is 9.90 Å². The van der Waals surface area contributed by atoms with Gasteiger partial charge in [-0.2, -0.15) is 0 Å². The summed E-state index contributed by atoms with van der Waals surface area (Å²) in [5.41, 5.74) is 8.01. The van der Waals surface area contributed by atoms with Crippen LogP contribution >= 0.6 is 0 Å². The number of nitrogens with one attached hydrogen (secondary N) is 1. The number of fused-ring (bicyclic) bond motifs is 1. The molecule has 6 heteroatoms. The van der Waals surface area contributed by atoms with E-state index in [2.05, 4.69) is 9.97 Å². The second-order valence-corrected chi connectivity index (χ2v) is 3.84. The van der Waals surface area contributed by atoms with Crippen molar-refractivity contribution in [2.45, 2.75) is 6.54 Å². The highest BCUT2D eigenvalue weighted by Crippen LogP contribution is 2.19. The molecule has 0 spiro atoms. The van der Waals surface area contributed by atoms with Crippen LogP contribution in [0.4, 0.5) is 5.69 Å². The number of nitrogens with zero attached hydrogens (tertiary/aromatic N) is 2. The molecule has 2 rings (SSSR count). The molecule has 0 amide bonds. The number of aromatic nitrogens is 2. The standard InChI is InChI=1S/C11H14N4O2/c1-15(6-11(16)17)7-2-3-8-9(4-7)14-10(5-12)13-8/h2-4H,5-6,12H2,1H3,(H,13,14)(H,16,17). The third kappa shape index (κ3) is 2.36. The Morgan fingerprint density at radius 3 is 3.00 bits per heavy atom. The minimum Gasteiger partial charge on any atom is -0.480 e. The van der Waals surface area contributed by atoms with Gasteiger partial charge in [0.15, 0.2) is 0 Å². The van der Waals surface area contributed by atoms with Crippen molar-refractivity contribution in [2.75, 3.05) is 18.5 Å². The van der Waals surface area contributed by atoms with Gasteiger partial charge < -0.3 is 20.7 Å². The molecule has 17 heavy (non-hydrogen) atoms. The van der Waals surface area contributed by atoms with Crippen molar-refractivity contribution in [3.05, 3.63) is 24.0 Å². The lowest BCUT2D eigenvalue weighted by Crippen LogP contribution is -2.24. The lowest BCUT2D eigenvalue weighted by Gasteiger charge is -2.16. The fraction of sp³-hybridized carbons (Fsp3) is 0.273. The van der Waals surface area contributed by atoms with Gasteiger partial charge in [0.2, 0.25) is 0 Å². The molecule has 0 aliphatic heterocycles. The molecule has 1 aromatic carbocycles. The average Bonchev–Trinajstić information content (AvgIpc) is 2.69. The highest BCUT2D eigenvalue weighted by molar-refractivity contribution is 5.81. The summed E-state index contributed by atoms with van der Waals surface area (Å²) in [6.45, 7) is 0.318. The quantitative estimate of drug-likeness (QED) is 0.717. The van der Waals surface area contributed by atoms with Gasteiger partial charge in [-0.15, -0.1) is 0 Å². The first-order chi connectivity index (χ1) is 8.10. The molecule has 0 atom stereocenters. The summed E-state index contributed by atoms with van der Waals surface area (Å²) in [5, 5.41) is 8.72. The number of anilines is 1. The molecule has 0 aliphatic rings. The van der Waals surface area contributed by atoms with Gasteiger partial charge in [0, 0.05) is 12.7 Å². The van der Waals surface area contributed by atoms with Crippen LogP contribution in [0.25, 0.3) is 11.0 Å². The number of aromatic amines is 1. The minimum atomic E-state index is -0.861. The second-order valence-electron chi connectivity index (χ2n) is 3.84. The summed E-state index contributed by atoms with van der Waals surface area (Å²) in [5.74, 6) is -0.141. The van der Waals surface area contributed by atoms with Crippen LogP contribution in [-0.4, -0.2) is 34.6 Å². The van der Waals surface area contributed by atoms with Crippen LogP contribution < -0.4 is 10.6 Å². The molecule has 2 aromatic rings. The van der Waals surface area contributed by atoms with Gasteiger partial charge in [-0.05, 0) is 18.2 Å². The van der Waals surface area contributed by atoms with E-state index in [9.17, 15) is 4.79 Å². The van der Waals surface area contributed by atoms with E-state index in [1.807, 2.05) is 18.2 Å². The van der Waals surface area contributed by atoms with E-state index in [1.165, 1.54) is 0 Å². The second kappa shape index (κ2) is 4.42. The van der Waals surface area contributed by atoms with Crippen molar-refractivity contribution in [1.82, 2.24) is 9.97 Å². The number of carboxylic acids is 1. The van der Waals surface area contributed by atoms with Crippen molar-refractivity contribution in [3.63, 3.8) is 0 Å². The van der Waals surface area contributed by atoms with Crippen molar-refractivity contribution >= 4 is 22.7 Å². The first-order valence-electron chi connectivity index (χ1n) is 5.22. The van der Waals surface area contributed by atoms with Crippen LogP contribution in [0.1, 0.15) is 5.82 Å². The van der Waals surface area contributed by atoms with E-state index in [4.69, 9.17) is 10.8 Å². The monoisotopic (exact) mass is 234 g/mol. The topological polar surface area (TPSA) is 95.2 Å². The van der Waals surface area contributed by atoms with E-state index in [1.54, 1.807) is 11.9 Å². The Bertz CT molecular complexity index is 549. The summed E-state index contributed by atoms with van der Waals surface area (Å²) in [6.07, 6.45) is 0. The predicted octanol–water partition coefficient (Wildman–Crippen LogP) is 0.542. The number of hydrogen-bond donors (Lipinski definition) is 3. The Kier molecular flexibility index (Phi) is 2.97. The van der Waals surface area contributed by atoms with Crippen molar-refractivity contribution in [2.24, 2.45) is 5.73 Å². The molecule has 0 saturated carbocycles. The summed E-state index contributed by atoms with van der Waals surface area (Å²) < 4.78 is 0.